The van der Waals surface area contributed by atoms with Gasteiger partial charge in [0, 0.05) is 12.6 Å². The molecule has 1 rings (SSSR count). The number of hydrogen-bond donors (Lipinski definition) is 1. The third kappa shape index (κ3) is 3.95. The average Bonchev–Trinajstić information content (AvgIpc) is 2.27. The summed E-state index contributed by atoms with van der Waals surface area (Å²) in [4.78, 5) is 2.37. The van der Waals surface area contributed by atoms with Crippen LogP contribution in [0.25, 0.3) is 0 Å². The fraction of sp³-hybridized carbons (Fsp3) is 0.571. The fourth-order valence-electron chi connectivity index (χ4n) is 1.67. The Morgan fingerprint density at radius 1 is 1.19 bits per heavy atom. The van der Waals surface area contributed by atoms with Crippen LogP contribution < -0.4 is 5.32 Å². The van der Waals surface area contributed by atoms with E-state index in [4.69, 9.17) is 0 Å². The molecule has 0 unspecified atom stereocenters. The third-order valence-corrected chi connectivity index (χ3v) is 3.06. The van der Waals surface area contributed by atoms with E-state index in [1.54, 1.807) is 0 Å². The molecule has 2 nitrogen and oxygen atoms in total. The predicted molar refractivity (Wildman–Crippen MR) is 70.7 cm³/mol. The Balaban J connectivity index is 2.70. The molecule has 0 aliphatic rings. The highest BCUT2D eigenvalue weighted by molar-refractivity contribution is 5.27. The molecule has 0 bridgehead atoms. The standard InChI is InChI=1S/C14H24N2/c1-12(2)16(4)11-14-8-6-5-7-13(14)9-10-15-3/h5-8,12,15H,9-11H2,1-4H3. The Labute approximate surface area is 99.7 Å². The molecular weight excluding hydrogens is 196 g/mol. The van der Waals surface area contributed by atoms with Crippen LogP contribution in [-0.2, 0) is 13.0 Å². The number of benzene rings is 1. The van der Waals surface area contributed by atoms with Crippen molar-refractivity contribution < 1.29 is 0 Å². The number of nitrogens with zero attached hydrogens (tertiary/aromatic N) is 1. The molecule has 0 aliphatic heterocycles. The minimum absolute atomic E-state index is 0.595. The first-order valence-electron chi connectivity index (χ1n) is 6.06. The monoisotopic (exact) mass is 220 g/mol. The second kappa shape index (κ2) is 6.66. The molecule has 2 heteroatoms. The summed E-state index contributed by atoms with van der Waals surface area (Å²) in [5.74, 6) is 0. The number of hydrogen-bond acceptors (Lipinski definition) is 2. The van der Waals surface area contributed by atoms with Gasteiger partial charge < -0.3 is 5.32 Å². The van der Waals surface area contributed by atoms with E-state index in [0.717, 1.165) is 19.5 Å². The van der Waals surface area contributed by atoms with Crippen LogP contribution in [0.3, 0.4) is 0 Å². The van der Waals surface area contributed by atoms with Gasteiger partial charge in [-0.05, 0) is 52.0 Å². The predicted octanol–water partition coefficient (Wildman–Crippen LogP) is 2.29. The molecule has 0 saturated heterocycles. The molecule has 0 amide bonds. The maximum Gasteiger partial charge on any atom is 0.0236 e. The summed E-state index contributed by atoms with van der Waals surface area (Å²) in [5.41, 5.74) is 2.92. The van der Waals surface area contributed by atoms with Gasteiger partial charge in [-0.15, -0.1) is 0 Å². The minimum Gasteiger partial charge on any atom is -0.319 e. The van der Waals surface area contributed by atoms with E-state index in [1.807, 2.05) is 7.05 Å². The summed E-state index contributed by atoms with van der Waals surface area (Å²) in [6.07, 6.45) is 1.11. The zero-order valence-electron chi connectivity index (χ0n) is 11.0. The van der Waals surface area contributed by atoms with E-state index in [9.17, 15) is 0 Å². The van der Waals surface area contributed by atoms with E-state index in [-0.39, 0.29) is 0 Å². The van der Waals surface area contributed by atoms with E-state index in [1.165, 1.54) is 11.1 Å². The molecule has 90 valence electrons. The Kier molecular flexibility index (Phi) is 5.50. The van der Waals surface area contributed by atoms with Crippen LogP contribution in [-0.4, -0.2) is 31.6 Å². The van der Waals surface area contributed by atoms with Crippen molar-refractivity contribution >= 4 is 0 Å². The van der Waals surface area contributed by atoms with Gasteiger partial charge in [-0.1, -0.05) is 24.3 Å². The Morgan fingerprint density at radius 3 is 2.38 bits per heavy atom. The molecule has 0 saturated carbocycles. The molecule has 1 aromatic carbocycles. The normalized spacial score (nSPS) is 11.4. The van der Waals surface area contributed by atoms with E-state index >= 15 is 0 Å². The SMILES string of the molecule is CNCCc1ccccc1CN(C)C(C)C. The number of nitrogens with one attached hydrogen (secondary N) is 1. The molecule has 0 heterocycles. The van der Waals surface area contributed by atoms with Crippen LogP contribution in [0.4, 0.5) is 0 Å². The molecule has 0 aliphatic carbocycles. The van der Waals surface area contributed by atoms with Crippen molar-refractivity contribution in [2.75, 3.05) is 20.6 Å². The Hall–Kier alpha value is -0.860. The topological polar surface area (TPSA) is 15.3 Å². The zero-order valence-corrected chi connectivity index (χ0v) is 11.0. The van der Waals surface area contributed by atoms with Gasteiger partial charge in [0.1, 0.15) is 0 Å². The molecule has 0 atom stereocenters. The maximum atomic E-state index is 3.21. The molecular formula is C14H24N2. The van der Waals surface area contributed by atoms with Crippen molar-refractivity contribution in [2.45, 2.75) is 32.9 Å². The van der Waals surface area contributed by atoms with Gasteiger partial charge in [0.25, 0.3) is 0 Å². The summed E-state index contributed by atoms with van der Waals surface area (Å²) in [6, 6.07) is 9.33. The number of rotatable bonds is 6. The molecule has 0 radical (unpaired) electrons. The first-order chi connectivity index (χ1) is 7.65. The summed E-state index contributed by atoms with van der Waals surface area (Å²) in [5, 5.41) is 3.21. The highest BCUT2D eigenvalue weighted by atomic mass is 15.1. The lowest BCUT2D eigenvalue weighted by Crippen LogP contribution is -2.26. The van der Waals surface area contributed by atoms with Gasteiger partial charge in [-0.3, -0.25) is 4.90 Å². The minimum atomic E-state index is 0.595. The first kappa shape index (κ1) is 13.2. The van der Waals surface area contributed by atoms with Crippen molar-refractivity contribution in [2.24, 2.45) is 0 Å². The van der Waals surface area contributed by atoms with Crippen molar-refractivity contribution in [3.63, 3.8) is 0 Å². The molecule has 16 heavy (non-hydrogen) atoms. The lowest BCUT2D eigenvalue weighted by Gasteiger charge is -2.22. The highest BCUT2D eigenvalue weighted by Crippen LogP contribution is 2.12. The second-order valence-electron chi connectivity index (χ2n) is 4.63. The molecule has 0 fully saturated rings. The summed E-state index contributed by atoms with van der Waals surface area (Å²) < 4.78 is 0. The van der Waals surface area contributed by atoms with E-state index in [0.29, 0.717) is 6.04 Å². The van der Waals surface area contributed by atoms with Crippen LogP contribution >= 0.6 is 0 Å². The van der Waals surface area contributed by atoms with Gasteiger partial charge in [0.05, 0.1) is 0 Å². The number of likely N-dealkylation sites (N-methyl/N-ethyl adjacent to an activating group) is 1. The van der Waals surface area contributed by atoms with Crippen LogP contribution in [0.15, 0.2) is 24.3 Å². The highest BCUT2D eigenvalue weighted by Gasteiger charge is 2.07. The summed E-state index contributed by atoms with van der Waals surface area (Å²) in [7, 11) is 4.18. The van der Waals surface area contributed by atoms with Gasteiger partial charge in [0.2, 0.25) is 0 Å². The average molecular weight is 220 g/mol. The third-order valence-electron chi connectivity index (χ3n) is 3.06. The van der Waals surface area contributed by atoms with Gasteiger partial charge in [-0.25, -0.2) is 0 Å². The first-order valence-corrected chi connectivity index (χ1v) is 6.06. The van der Waals surface area contributed by atoms with Crippen LogP contribution in [0.1, 0.15) is 25.0 Å². The van der Waals surface area contributed by atoms with Crippen LogP contribution in [0.2, 0.25) is 0 Å². The van der Waals surface area contributed by atoms with Crippen molar-refractivity contribution in [1.29, 1.82) is 0 Å². The lowest BCUT2D eigenvalue weighted by molar-refractivity contribution is 0.265. The van der Waals surface area contributed by atoms with Crippen molar-refractivity contribution in [3.05, 3.63) is 35.4 Å². The Bertz CT molecular complexity index is 307. The van der Waals surface area contributed by atoms with Crippen molar-refractivity contribution in [3.8, 4) is 0 Å². The van der Waals surface area contributed by atoms with Gasteiger partial charge in [0.15, 0.2) is 0 Å². The van der Waals surface area contributed by atoms with Gasteiger partial charge >= 0.3 is 0 Å². The van der Waals surface area contributed by atoms with E-state index in [2.05, 4.69) is 55.4 Å². The molecule has 0 aromatic heterocycles. The Morgan fingerprint density at radius 2 is 1.81 bits per heavy atom. The van der Waals surface area contributed by atoms with Crippen LogP contribution in [0.5, 0.6) is 0 Å². The quantitative estimate of drug-likeness (QED) is 0.791. The fourth-order valence-corrected chi connectivity index (χ4v) is 1.67. The summed E-state index contributed by atoms with van der Waals surface area (Å²) >= 11 is 0. The summed E-state index contributed by atoms with van der Waals surface area (Å²) in [6.45, 7) is 6.55. The molecule has 1 aromatic rings. The largest absolute Gasteiger partial charge is 0.319 e. The van der Waals surface area contributed by atoms with Gasteiger partial charge in [-0.2, -0.15) is 0 Å². The van der Waals surface area contributed by atoms with Crippen molar-refractivity contribution in [1.82, 2.24) is 10.2 Å². The lowest BCUT2D eigenvalue weighted by atomic mass is 10.0. The molecule has 0 spiro atoms. The van der Waals surface area contributed by atoms with E-state index < -0.39 is 0 Å². The van der Waals surface area contributed by atoms with Crippen LogP contribution in [0, 0.1) is 0 Å². The zero-order chi connectivity index (χ0) is 12.0. The molecule has 1 N–H and O–H groups in total. The maximum absolute atomic E-state index is 3.21. The second-order valence-corrected chi connectivity index (χ2v) is 4.63. The smallest absolute Gasteiger partial charge is 0.0236 e.